The summed E-state index contributed by atoms with van der Waals surface area (Å²) in [5.74, 6) is -0.322. The Balaban J connectivity index is 1.29. The molecule has 1 aliphatic rings. The zero-order valence-corrected chi connectivity index (χ0v) is 16.5. The maximum atomic E-state index is 12.3. The van der Waals surface area contributed by atoms with Gasteiger partial charge in [0.1, 0.15) is 0 Å². The monoisotopic (exact) mass is 408 g/mol. The third kappa shape index (κ3) is 4.60. The van der Waals surface area contributed by atoms with Gasteiger partial charge in [0.15, 0.2) is 0 Å². The van der Waals surface area contributed by atoms with Crippen LogP contribution in [0.1, 0.15) is 23.4 Å². The second-order valence-electron chi connectivity index (χ2n) is 6.82. The second kappa shape index (κ2) is 8.40. The molecule has 1 aliphatic heterocycles. The molecule has 2 aromatic carbocycles. The number of hydrogen-bond acceptors (Lipinski definition) is 5. The minimum absolute atomic E-state index is 0.0317. The van der Waals surface area contributed by atoms with Crippen LogP contribution in [0.15, 0.2) is 48.5 Å². The minimum atomic E-state index is -0.390. The standard InChI is InChI=1S/C21H20N4O3S/c26-18(9-4-10-19-24-16-7-1-2-8-17(16)29-19)23-15-6-3-5-14(11-15)13-25-20(27)12-22-21(25)28/h1-3,5-8,11H,4,9-10,12-13H2,(H,22,28)(H,23,26). The molecule has 0 radical (unpaired) electrons. The van der Waals surface area contributed by atoms with Gasteiger partial charge in [-0.25, -0.2) is 9.78 Å². The molecule has 148 valence electrons. The average Bonchev–Trinajstić information content (AvgIpc) is 3.26. The van der Waals surface area contributed by atoms with Crippen LogP contribution in [-0.2, 0) is 22.6 Å². The molecule has 0 bridgehead atoms. The van der Waals surface area contributed by atoms with Crippen molar-refractivity contribution in [2.45, 2.75) is 25.8 Å². The van der Waals surface area contributed by atoms with Crippen LogP contribution < -0.4 is 10.6 Å². The van der Waals surface area contributed by atoms with Crippen LogP contribution in [0.25, 0.3) is 10.2 Å². The summed E-state index contributed by atoms with van der Waals surface area (Å²) in [5, 5.41) is 6.41. The lowest BCUT2D eigenvalue weighted by atomic mass is 10.1. The lowest BCUT2D eigenvalue weighted by Crippen LogP contribution is -2.30. The molecular formula is C21H20N4O3S. The van der Waals surface area contributed by atoms with Gasteiger partial charge in [-0.3, -0.25) is 14.5 Å². The first-order chi connectivity index (χ1) is 14.1. The maximum Gasteiger partial charge on any atom is 0.324 e. The van der Waals surface area contributed by atoms with Crippen LogP contribution in [0.2, 0.25) is 0 Å². The van der Waals surface area contributed by atoms with Gasteiger partial charge >= 0.3 is 6.03 Å². The van der Waals surface area contributed by atoms with E-state index in [0.29, 0.717) is 18.5 Å². The van der Waals surface area contributed by atoms with E-state index >= 15 is 0 Å². The first kappa shape index (κ1) is 19.1. The lowest BCUT2D eigenvalue weighted by Gasteiger charge is -2.13. The van der Waals surface area contributed by atoms with E-state index in [-0.39, 0.29) is 30.9 Å². The molecule has 2 heterocycles. The molecule has 0 atom stereocenters. The fourth-order valence-corrected chi connectivity index (χ4v) is 4.20. The quantitative estimate of drug-likeness (QED) is 0.587. The SMILES string of the molecule is O=C(CCCc1nc2ccccc2s1)Nc1cccc(CN2C(=O)CNC2=O)c1. The van der Waals surface area contributed by atoms with Gasteiger partial charge in [-0.05, 0) is 42.7 Å². The Kier molecular flexibility index (Phi) is 5.53. The first-order valence-corrected chi connectivity index (χ1v) is 10.2. The predicted octanol–water partition coefficient (Wildman–Crippen LogP) is 3.31. The molecule has 1 fully saturated rings. The van der Waals surface area contributed by atoms with E-state index in [1.54, 1.807) is 29.5 Å². The number of nitrogens with one attached hydrogen (secondary N) is 2. The van der Waals surface area contributed by atoms with E-state index in [9.17, 15) is 14.4 Å². The van der Waals surface area contributed by atoms with E-state index in [1.807, 2.05) is 24.3 Å². The van der Waals surface area contributed by atoms with E-state index in [0.717, 1.165) is 27.2 Å². The van der Waals surface area contributed by atoms with Crippen LogP contribution >= 0.6 is 11.3 Å². The summed E-state index contributed by atoms with van der Waals surface area (Å²) in [6.45, 7) is 0.218. The summed E-state index contributed by atoms with van der Waals surface area (Å²) >= 11 is 1.66. The molecule has 4 amide bonds. The third-order valence-electron chi connectivity index (χ3n) is 4.62. The highest BCUT2D eigenvalue weighted by atomic mass is 32.1. The summed E-state index contributed by atoms with van der Waals surface area (Å²) in [6, 6.07) is 14.8. The Labute approximate surface area is 171 Å². The molecule has 0 saturated carbocycles. The van der Waals surface area contributed by atoms with E-state index in [4.69, 9.17) is 0 Å². The highest BCUT2D eigenvalue weighted by Gasteiger charge is 2.28. The van der Waals surface area contributed by atoms with Gasteiger partial charge in [0.05, 0.1) is 28.3 Å². The summed E-state index contributed by atoms with van der Waals surface area (Å²) in [7, 11) is 0. The number of urea groups is 1. The normalized spacial score (nSPS) is 13.7. The number of carbonyl (C=O) groups excluding carboxylic acids is 3. The zero-order chi connectivity index (χ0) is 20.2. The van der Waals surface area contributed by atoms with Crippen molar-refractivity contribution >= 4 is 45.1 Å². The van der Waals surface area contributed by atoms with Crippen molar-refractivity contribution in [1.29, 1.82) is 0 Å². The number of amides is 4. The molecule has 0 aliphatic carbocycles. The molecule has 2 N–H and O–H groups in total. The van der Waals surface area contributed by atoms with Gasteiger partial charge < -0.3 is 10.6 Å². The predicted molar refractivity (Wildman–Crippen MR) is 112 cm³/mol. The van der Waals surface area contributed by atoms with Crippen molar-refractivity contribution < 1.29 is 14.4 Å². The van der Waals surface area contributed by atoms with Crippen LogP contribution in [0.3, 0.4) is 0 Å². The van der Waals surface area contributed by atoms with Gasteiger partial charge in [-0.1, -0.05) is 24.3 Å². The molecule has 7 nitrogen and oxygen atoms in total. The number of carbonyl (C=O) groups is 3. The number of thiazole rings is 1. The van der Waals surface area contributed by atoms with Crippen molar-refractivity contribution in [3.63, 3.8) is 0 Å². The number of aryl methyl sites for hydroxylation is 1. The number of benzene rings is 2. The van der Waals surface area contributed by atoms with Crippen LogP contribution in [0.4, 0.5) is 10.5 Å². The molecule has 1 aromatic heterocycles. The van der Waals surface area contributed by atoms with Crippen LogP contribution in [0, 0.1) is 0 Å². The van der Waals surface area contributed by atoms with Crippen molar-refractivity contribution in [2.75, 3.05) is 11.9 Å². The number of hydrogen-bond donors (Lipinski definition) is 2. The Morgan fingerprint density at radius 3 is 2.83 bits per heavy atom. The molecule has 1 saturated heterocycles. The summed E-state index contributed by atoms with van der Waals surface area (Å²) in [5.41, 5.74) is 2.43. The molecule has 8 heteroatoms. The molecule has 0 unspecified atom stereocenters. The molecule has 29 heavy (non-hydrogen) atoms. The van der Waals surface area contributed by atoms with Crippen LogP contribution in [0.5, 0.6) is 0 Å². The van der Waals surface area contributed by atoms with Gasteiger partial charge in [-0.15, -0.1) is 11.3 Å². The summed E-state index contributed by atoms with van der Waals surface area (Å²) in [6.07, 6.45) is 1.87. The van der Waals surface area contributed by atoms with Gasteiger partial charge in [0.25, 0.3) is 0 Å². The fourth-order valence-electron chi connectivity index (χ4n) is 3.20. The maximum absolute atomic E-state index is 12.3. The number of rotatable bonds is 7. The topological polar surface area (TPSA) is 91.4 Å². The Hall–Kier alpha value is -3.26. The molecule has 0 spiro atoms. The number of imide groups is 1. The summed E-state index contributed by atoms with van der Waals surface area (Å²) in [4.78, 5) is 41.4. The largest absolute Gasteiger partial charge is 0.329 e. The third-order valence-corrected chi connectivity index (χ3v) is 5.72. The van der Waals surface area contributed by atoms with Crippen molar-refractivity contribution in [1.82, 2.24) is 15.2 Å². The number of nitrogens with zero attached hydrogens (tertiary/aromatic N) is 2. The van der Waals surface area contributed by atoms with Crippen molar-refractivity contribution in [2.24, 2.45) is 0 Å². The van der Waals surface area contributed by atoms with Gasteiger partial charge in [0, 0.05) is 12.1 Å². The first-order valence-electron chi connectivity index (χ1n) is 9.40. The highest BCUT2D eigenvalue weighted by molar-refractivity contribution is 7.18. The van der Waals surface area contributed by atoms with Crippen LogP contribution in [-0.4, -0.2) is 34.3 Å². The fraction of sp³-hybridized carbons (Fsp3) is 0.238. The Bertz CT molecular complexity index is 1030. The smallest absolute Gasteiger partial charge is 0.324 e. The average molecular weight is 408 g/mol. The van der Waals surface area contributed by atoms with Crippen molar-refractivity contribution in [3.05, 3.63) is 59.1 Å². The van der Waals surface area contributed by atoms with Gasteiger partial charge in [-0.2, -0.15) is 0 Å². The number of aromatic nitrogens is 1. The Morgan fingerprint density at radius 1 is 1.17 bits per heavy atom. The van der Waals surface area contributed by atoms with Crippen molar-refractivity contribution in [3.8, 4) is 0 Å². The highest BCUT2D eigenvalue weighted by Crippen LogP contribution is 2.23. The number of para-hydroxylation sites is 1. The van der Waals surface area contributed by atoms with E-state index in [2.05, 4.69) is 21.7 Å². The second-order valence-corrected chi connectivity index (χ2v) is 7.93. The summed E-state index contributed by atoms with van der Waals surface area (Å²) < 4.78 is 1.16. The minimum Gasteiger partial charge on any atom is -0.329 e. The number of fused-ring (bicyclic) bond motifs is 1. The lowest BCUT2D eigenvalue weighted by molar-refractivity contribution is -0.125. The Morgan fingerprint density at radius 2 is 2.03 bits per heavy atom. The van der Waals surface area contributed by atoms with E-state index < -0.39 is 0 Å². The van der Waals surface area contributed by atoms with Gasteiger partial charge in [0.2, 0.25) is 11.8 Å². The van der Waals surface area contributed by atoms with E-state index in [1.165, 1.54) is 4.90 Å². The molecular weight excluding hydrogens is 388 g/mol. The number of anilines is 1. The molecule has 3 aromatic rings. The molecule has 4 rings (SSSR count). The zero-order valence-electron chi connectivity index (χ0n) is 15.7.